The van der Waals surface area contributed by atoms with E-state index in [2.05, 4.69) is 0 Å². The van der Waals surface area contributed by atoms with E-state index in [-0.39, 0.29) is 16.2 Å². The molecule has 1 aromatic rings. The molecule has 1 rings (SSSR count). The molecule has 0 aliphatic carbocycles. The molecule has 0 heterocycles. The van der Waals surface area contributed by atoms with Crippen LogP contribution in [0.4, 0.5) is 8.78 Å². The number of hydrogen-bond acceptors (Lipinski definition) is 2. The van der Waals surface area contributed by atoms with Gasteiger partial charge >= 0.3 is 5.76 Å². The van der Waals surface area contributed by atoms with Crippen LogP contribution in [0.1, 0.15) is 25.3 Å². The molecule has 2 nitrogen and oxygen atoms in total. The van der Waals surface area contributed by atoms with E-state index in [0.717, 1.165) is 5.56 Å². The fourth-order valence-electron chi connectivity index (χ4n) is 1.33. The zero-order chi connectivity index (χ0) is 13.2. The Labute approximate surface area is 105 Å². The van der Waals surface area contributed by atoms with Crippen molar-refractivity contribution in [2.75, 3.05) is 0 Å². The third-order valence-corrected chi connectivity index (χ3v) is 4.43. The van der Waals surface area contributed by atoms with Crippen molar-refractivity contribution in [3.05, 3.63) is 29.8 Å². The highest BCUT2D eigenvalue weighted by Crippen LogP contribution is 2.25. The molecule has 0 aliphatic rings. The highest BCUT2D eigenvalue weighted by Gasteiger charge is 2.26. The Balaban J connectivity index is 3.05. The number of rotatable bonds is 4. The minimum Gasteiger partial charge on any atom is -0.218 e. The number of sulfone groups is 1. The van der Waals surface area contributed by atoms with Gasteiger partial charge in [-0.05, 0) is 30.5 Å². The molecule has 0 aliphatic heterocycles. The van der Waals surface area contributed by atoms with E-state index in [1.54, 1.807) is 0 Å². The molecule has 0 radical (unpaired) electrons. The molecule has 96 valence electrons. The minimum atomic E-state index is -4.51. The second-order valence-corrected chi connectivity index (χ2v) is 6.45. The Bertz CT molecular complexity index is 469. The summed E-state index contributed by atoms with van der Waals surface area (Å²) in [5.41, 5.74) is 0.820. The normalized spacial score (nSPS) is 15.9. The fraction of sp³-hybridized carbons (Fsp3) is 0.455. The first-order chi connectivity index (χ1) is 7.76. The second-order valence-electron chi connectivity index (χ2n) is 3.84. The maximum atomic E-state index is 12.3. The Kier molecular flexibility index (Phi) is 4.49. The van der Waals surface area contributed by atoms with Crippen LogP contribution in [0.15, 0.2) is 29.2 Å². The van der Waals surface area contributed by atoms with E-state index in [4.69, 9.17) is 11.6 Å². The lowest BCUT2D eigenvalue weighted by Gasteiger charge is -2.14. The molecule has 0 saturated carbocycles. The quantitative estimate of drug-likeness (QED) is 0.793. The van der Waals surface area contributed by atoms with E-state index in [0.29, 0.717) is 0 Å². The summed E-state index contributed by atoms with van der Waals surface area (Å²) in [6.07, 6.45) is 0. The van der Waals surface area contributed by atoms with Crippen molar-refractivity contribution in [1.82, 2.24) is 0 Å². The van der Waals surface area contributed by atoms with Gasteiger partial charge in [-0.15, -0.1) is 11.6 Å². The molecule has 0 N–H and O–H groups in total. The SMILES string of the molecule is CC(Cl)C(C)c1ccc(S(=O)(=O)C(F)F)cc1. The Morgan fingerprint density at radius 3 is 1.94 bits per heavy atom. The van der Waals surface area contributed by atoms with Gasteiger partial charge in [-0.25, -0.2) is 8.42 Å². The maximum Gasteiger partial charge on any atom is 0.341 e. The summed E-state index contributed by atoms with van der Waals surface area (Å²) >= 11 is 5.90. The molecule has 0 aromatic heterocycles. The molecule has 6 heteroatoms. The van der Waals surface area contributed by atoms with Crippen molar-refractivity contribution in [2.24, 2.45) is 0 Å². The van der Waals surface area contributed by atoms with Crippen LogP contribution in [-0.4, -0.2) is 19.6 Å². The Hall–Kier alpha value is -0.680. The summed E-state index contributed by atoms with van der Waals surface area (Å²) in [5.74, 6) is -3.36. The van der Waals surface area contributed by atoms with Gasteiger partial charge in [-0.1, -0.05) is 19.1 Å². The van der Waals surface area contributed by atoms with Crippen LogP contribution in [0.25, 0.3) is 0 Å². The first-order valence-electron chi connectivity index (χ1n) is 5.03. The second kappa shape index (κ2) is 5.31. The van der Waals surface area contributed by atoms with Crippen LogP contribution in [0.2, 0.25) is 0 Å². The first kappa shape index (κ1) is 14.4. The Morgan fingerprint density at radius 2 is 1.59 bits per heavy atom. The van der Waals surface area contributed by atoms with Crippen molar-refractivity contribution in [1.29, 1.82) is 0 Å². The number of benzene rings is 1. The van der Waals surface area contributed by atoms with Gasteiger partial charge in [0.15, 0.2) is 0 Å². The van der Waals surface area contributed by atoms with Gasteiger partial charge in [-0.3, -0.25) is 0 Å². The topological polar surface area (TPSA) is 34.1 Å². The molecule has 17 heavy (non-hydrogen) atoms. The van der Waals surface area contributed by atoms with Crippen molar-refractivity contribution < 1.29 is 17.2 Å². The molecular formula is C11H13ClF2O2S. The summed E-state index contributed by atoms with van der Waals surface area (Å²) in [7, 11) is -4.51. The molecule has 2 unspecified atom stereocenters. The standard InChI is InChI=1S/C11H13ClF2O2S/c1-7(8(2)12)9-3-5-10(6-4-9)17(15,16)11(13)14/h3-8,11H,1-2H3. The zero-order valence-electron chi connectivity index (χ0n) is 9.40. The highest BCUT2D eigenvalue weighted by molar-refractivity contribution is 7.91. The molecule has 0 saturated heterocycles. The summed E-state index contributed by atoms with van der Waals surface area (Å²) in [6.45, 7) is 3.70. The molecule has 0 spiro atoms. The monoisotopic (exact) mass is 282 g/mol. The van der Waals surface area contributed by atoms with Crippen LogP contribution in [0.3, 0.4) is 0 Å². The fourth-order valence-corrected chi connectivity index (χ4v) is 2.20. The van der Waals surface area contributed by atoms with Crippen molar-refractivity contribution >= 4 is 21.4 Å². The number of alkyl halides is 3. The predicted molar refractivity (Wildman–Crippen MR) is 63.4 cm³/mol. The van der Waals surface area contributed by atoms with Crippen LogP contribution in [0, 0.1) is 0 Å². The number of halogens is 3. The zero-order valence-corrected chi connectivity index (χ0v) is 11.0. The van der Waals surface area contributed by atoms with Gasteiger partial charge < -0.3 is 0 Å². The van der Waals surface area contributed by atoms with E-state index in [1.807, 2.05) is 13.8 Å². The van der Waals surface area contributed by atoms with E-state index < -0.39 is 15.6 Å². The van der Waals surface area contributed by atoms with Crippen LogP contribution in [0.5, 0.6) is 0 Å². The van der Waals surface area contributed by atoms with Crippen molar-refractivity contribution in [2.45, 2.75) is 35.8 Å². The molecule has 1 aromatic carbocycles. The maximum absolute atomic E-state index is 12.3. The third-order valence-electron chi connectivity index (χ3n) is 2.66. The first-order valence-corrected chi connectivity index (χ1v) is 7.01. The largest absolute Gasteiger partial charge is 0.341 e. The van der Waals surface area contributed by atoms with Crippen molar-refractivity contribution in [3.63, 3.8) is 0 Å². The van der Waals surface area contributed by atoms with Crippen LogP contribution in [-0.2, 0) is 9.84 Å². The number of hydrogen-bond donors (Lipinski definition) is 0. The van der Waals surface area contributed by atoms with E-state index in [1.165, 1.54) is 24.3 Å². The van der Waals surface area contributed by atoms with Gasteiger partial charge in [0.25, 0.3) is 0 Å². The smallest absolute Gasteiger partial charge is 0.218 e. The van der Waals surface area contributed by atoms with Crippen molar-refractivity contribution in [3.8, 4) is 0 Å². The predicted octanol–water partition coefficient (Wildman–Crippen LogP) is 3.41. The molecule has 0 fully saturated rings. The van der Waals surface area contributed by atoms with Crippen LogP contribution < -0.4 is 0 Å². The van der Waals surface area contributed by atoms with Gasteiger partial charge in [0.1, 0.15) is 0 Å². The van der Waals surface area contributed by atoms with E-state index >= 15 is 0 Å². The Morgan fingerprint density at radius 1 is 1.12 bits per heavy atom. The lowest BCUT2D eigenvalue weighted by Crippen LogP contribution is -2.12. The third kappa shape index (κ3) is 3.16. The molecule has 0 bridgehead atoms. The van der Waals surface area contributed by atoms with Gasteiger partial charge in [-0.2, -0.15) is 8.78 Å². The molecule has 0 amide bonds. The van der Waals surface area contributed by atoms with E-state index in [9.17, 15) is 17.2 Å². The summed E-state index contributed by atoms with van der Waals surface area (Å²) in [5, 5.41) is -0.118. The molecular weight excluding hydrogens is 270 g/mol. The van der Waals surface area contributed by atoms with Gasteiger partial charge in [0, 0.05) is 5.38 Å². The summed E-state index contributed by atoms with van der Waals surface area (Å²) in [6, 6.07) is 5.40. The minimum absolute atomic E-state index is 0.0278. The van der Waals surface area contributed by atoms with Gasteiger partial charge in [0.05, 0.1) is 4.90 Å². The van der Waals surface area contributed by atoms with Crippen LogP contribution >= 0.6 is 11.6 Å². The molecule has 2 atom stereocenters. The average Bonchev–Trinajstić information content (AvgIpc) is 2.27. The average molecular weight is 283 g/mol. The lowest BCUT2D eigenvalue weighted by molar-refractivity contribution is 0.234. The van der Waals surface area contributed by atoms with Gasteiger partial charge in [0.2, 0.25) is 9.84 Å². The lowest BCUT2D eigenvalue weighted by atomic mass is 9.99. The summed E-state index contributed by atoms with van der Waals surface area (Å²) < 4.78 is 46.9. The highest BCUT2D eigenvalue weighted by atomic mass is 35.5. The summed E-state index contributed by atoms with van der Waals surface area (Å²) in [4.78, 5) is -0.370.